The Morgan fingerprint density at radius 2 is 2.04 bits per heavy atom. The number of carbonyl (C=O) groups is 2. The molecule has 1 aliphatic rings. The van der Waals surface area contributed by atoms with E-state index >= 15 is 0 Å². The van der Waals surface area contributed by atoms with Crippen molar-refractivity contribution in [1.82, 2.24) is 9.47 Å². The van der Waals surface area contributed by atoms with E-state index < -0.39 is 12.0 Å². The van der Waals surface area contributed by atoms with Crippen molar-refractivity contribution in [2.75, 3.05) is 0 Å². The van der Waals surface area contributed by atoms with Crippen LogP contribution in [0.1, 0.15) is 25.8 Å². The van der Waals surface area contributed by atoms with Gasteiger partial charge in [0, 0.05) is 29.7 Å². The van der Waals surface area contributed by atoms with E-state index in [0.29, 0.717) is 15.6 Å². The summed E-state index contributed by atoms with van der Waals surface area (Å²) in [7, 11) is 1.95. The fourth-order valence-electron chi connectivity index (χ4n) is 3.14. The van der Waals surface area contributed by atoms with E-state index in [2.05, 4.69) is 0 Å². The molecule has 1 aromatic carbocycles. The first-order valence-electron chi connectivity index (χ1n) is 8.33. The van der Waals surface area contributed by atoms with E-state index in [4.69, 9.17) is 12.2 Å². The van der Waals surface area contributed by atoms with Crippen LogP contribution in [0.5, 0.6) is 0 Å². The monoisotopic (exact) mass is 388 g/mol. The summed E-state index contributed by atoms with van der Waals surface area (Å²) in [6, 6.07) is 7.01. The Morgan fingerprint density at radius 3 is 2.69 bits per heavy atom. The molecule has 0 bridgehead atoms. The second-order valence-electron chi connectivity index (χ2n) is 6.75. The number of amides is 1. The van der Waals surface area contributed by atoms with Crippen LogP contribution in [0.15, 0.2) is 35.4 Å². The summed E-state index contributed by atoms with van der Waals surface area (Å²) in [5.74, 6) is -1.22. The van der Waals surface area contributed by atoms with Crippen LogP contribution in [0.2, 0.25) is 0 Å². The minimum Gasteiger partial charge on any atom is -0.480 e. The van der Waals surface area contributed by atoms with E-state index in [9.17, 15) is 14.7 Å². The van der Waals surface area contributed by atoms with E-state index in [1.165, 1.54) is 4.90 Å². The zero-order valence-electron chi connectivity index (χ0n) is 14.8. The van der Waals surface area contributed by atoms with Gasteiger partial charge in [0.15, 0.2) is 0 Å². The number of nitrogens with zero attached hydrogens (tertiary/aromatic N) is 2. The van der Waals surface area contributed by atoms with Gasteiger partial charge in [-0.25, -0.2) is 4.79 Å². The van der Waals surface area contributed by atoms with Gasteiger partial charge in [-0.3, -0.25) is 9.69 Å². The normalized spacial score (nSPS) is 17.7. The Balaban J connectivity index is 1.97. The summed E-state index contributed by atoms with van der Waals surface area (Å²) in [6.07, 6.45) is 4.12. The Hall–Kier alpha value is -2.12. The van der Waals surface area contributed by atoms with Crippen LogP contribution in [0.3, 0.4) is 0 Å². The summed E-state index contributed by atoms with van der Waals surface area (Å²) in [4.78, 5) is 26.2. The van der Waals surface area contributed by atoms with Crippen LogP contribution < -0.4 is 0 Å². The highest BCUT2D eigenvalue weighted by atomic mass is 32.2. The molecule has 1 amide bonds. The molecular formula is C19H20N2O3S2. The van der Waals surface area contributed by atoms with Crippen molar-refractivity contribution >= 4 is 57.2 Å². The molecule has 0 aliphatic carbocycles. The number of carboxylic acids is 1. The van der Waals surface area contributed by atoms with Gasteiger partial charge in [0.05, 0.1) is 4.91 Å². The molecule has 3 rings (SSSR count). The second kappa shape index (κ2) is 7.25. The molecule has 136 valence electrons. The molecule has 2 aromatic rings. The van der Waals surface area contributed by atoms with Crippen LogP contribution in [0, 0.1) is 5.92 Å². The lowest BCUT2D eigenvalue weighted by molar-refractivity contribution is -0.145. The first-order valence-corrected chi connectivity index (χ1v) is 9.56. The third-order valence-corrected chi connectivity index (χ3v) is 5.66. The molecule has 1 aliphatic heterocycles. The molecule has 26 heavy (non-hydrogen) atoms. The fraction of sp³-hybridized carbons (Fsp3) is 0.316. The predicted molar refractivity (Wildman–Crippen MR) is 109 cm³/mol. The van der Waals surface area contributed by atoms with Crippen molar-refractivity contribution in [2.45, 2.75) is 26.3 Å². The predicted octanol–water partition coefficient (Wildman–Crippen LogP) is 3.88. The molecule has 0 spiro atoms. The standard InChI is InChI=1S/C19H20N2O3S2/c1-11(2)8-15(18(23)24)21-17(22)16(26-19(21)25)9-12-10-20(3)14-7-5-4-6-13(12)14/h4-7,9-11,15H,8H2,1-3H3,(H,23,24)/b16-9-. The number of para-hydroxylation sites is 1. The van der Waals surface area contributed by atoms with E-state index in [1.54, 1.807) is 6.08 Å². The van der Waals surface area contributed by atoms with Gasteiger partial charge in [0.1, 0.15) is 10.4 Å². The Morgan fingerprint density at radius 1 is 1.35 bits per heavy atom. The lowest BCUT2D eigenvalue weighted by Crippen LogP contribution is -2.44. The fourth-order valence-corrected chi connectivity index (χ4v) is 4.49. The number of thiocarbonyl (C=S) groups is 1. The summed E-state index contributed by atoms with van der Waals surface area (Å²) in [5.41, 5.74) is 1.98. The third kappa shape index (κ3) is 3.41. The van der Waals surface area contributed by atoms with Gasteiger partial charge in [-0.1, -0.05) is 56.0 Å². The van der Waals surface area contributed by atoms with E-state index in [1.807, 2.05) is 55.9 Å². The lowest BCUT2D eigenvalue weighted by Gasteiger charge is -2.24. The topological polar surface area (TPSA) is 62.5 Å². The van der Waals surface area contributed by atoms with Gasteiger partial charge in [-0.05, 0) is 24.5 Å². The number of hydrogen-bond acceptors (Lipinski definition) is 4. The number of carboxylic acid groups (broad SMARTS) is 1. The maximum atomic E-state index is 12.9. The highest BCUT2D eigenvalue weighted by Gasteiger charge is 2.40. The molecule has 0 saturated carbocycles. The van der Waals surface area contributed by atoms with Crippen molar-refractivity contribution in [1.29, 1.82) is 0 Å². The number of thioether (sulfide) groups is 1. The number of aryl methyl sites for hydroxylation is 1. The maximum absolute atomic E-state index is 12.9. The van der Waals surface area contributed by atoms with Gasteiger partial charge in [-0.2, -0.15) is 0 Å². The Labute approximate surface area is 161 Å². The molecule has 2 heterocycles. The van der Waals surface area contributed by atoms with Gasteiger partial charge in [0.2, 0.25) is 0 Å². The molecule has 1 N–H and O–H groups in total. The van der Waals surface area contributed by atoms with Gasteiger partial charge >= 0.3 is 5.97 Å². The summed E-state index contributed by atoms with van der Waals surface area (Å²) in [5, 5.41) is 10.6. The maximum Gasteiger partial charge on any atom is 0.326 e. The molecule has 1 aromatic heterocycles. The molecule has 0 radical (unpaired) electrons. The smallest absolute Gasteiger partial charge is 0.326 e. The van der Waals surface area contributed by atoms with Crippen LogP contribution in [0.4, 0.5) is 0 Å². The largest absolute Gasteiger partial charge is 0.480 e. The number of fused-ring (bicyclic) bond motifs is 1. The summed E-state index contributed by atoms with van der Waals surface area (Å²) >= 11 is 6.48. The second-order valence-corrected chi connectivity index (χ2v) is 8.42. The lowest BCUT2D eigenvalue weighted by atomic mass is 10.0. The van der Waals surface area contributed by atoms with Crippen molar-refractivity contribution in [3.05, 3.63) is 40.9 Å². The molecule has 1 atom stereocenters. The summed E-state index contributed by atoms with van der Waals surface area (Å²) < 4.78 is 2.30. The van der Waals surface area contributed by atoms with Crippen LogP contribution in [-0.4, -0.2) is 36.8 Å². The average molecular weight is 389 g/mol. The number of aromatic nitrogens is 1. The number of aliphatic carboxylic acids is 1. The van der Waals surface area contributed by atoms with Crippen molar-refractivity contribution in [3.8, 4) is 0 Å². The SMILES string of the molecule is CC(C)CC(C(=O)O)N1C(=O)/C(=C/c2cn(C)c3ccccc23)SC1=S. The quantitative estimate of drug-likeness (QED) is 0.622. The van der Waals surface area contributed by atoms with Crippen molar-refractivity contribution < 1.29 is 14.7 Å². The van der Waals surface area contributed by atoms with E-state index in [-0.39, 0.29) is 11.8 Å². The average Bonchev–Trinajstić information content (AvgIpc) is 3.03. The Kier molecular flexibility index (Phi) is 5.20. The minimum absolute atomic E-state index is 0.141. The molecule has 1 unspecified atom stereocenters. The highest BCUT2D eigenvalue weighted by Crippen LogP contribution is 2.36. The number of rotatable bonds is 5. The van der Waals surface area contributed by atoms with Crippen molar-refractivity contribution in [3.63, 3.8) is 0 Å². The zero-order valence-corrected chi connectivity index (χ0v) is 16.4. The van der Waals surface area contributed by atoms with Gasteiger partial charge < -0.3 is 9.67 Å². The minimum atomic E-state index is -1.03. The number of benzene rings is 1. The van der Waals surface area contributed by atoms with Crippen LogP contribution in [0.25, 0.3) is 17.0 Å². The number of carbonyl (C=O) groups excluding carboxylic acids is 1. The molecule has 7 heteroatoms. The Bertz CT molecular complexity index is 930. The molecule has 1 saturated heterocycles. The van der Waals surface area contributed by atoms with Gasteiger partial charge in [0.25, 0.3) is 5.91 Å². The van der Waals surface area contributed by atoms with Gasteiger partial charge in [-0.15, -0.1) is 0 Å². The van der Waals surface area contributed by atoms with Crippen molar-refractivity contribution in [2.24, 2.45) is 13.0 Å². The van der Waals surface area contributed by atoms with Crippen LogP contribution >= 0.6 is 24.0 Å². The zero-order chi connectivity index (χ0) is 19.0. The van der Waals surface area contributed by atoms with E-state index in [0.717, 1.165) is 28.2 Å². The first kappa shape index (κ1) is 18.7. The highest BCUT2D eigenvalue weighted by molar-refractivity contribution is 8.26. The number of hydrogen-bond donors (Lipinski definition) is 1. The molecule has 5 nitrogen and oxygen atoms in total. The van der Waals surface area contributed by atoms with Crippen LogP contribution in [-0.2, 0) is 16.6 Å². The molecular weight excluding hydrogens is 368 g/mol. The third-order valence-electron chi connectivity index (χ3n) is 4.33. The summed E-state index contributed by atoms with van der Waals surface area (Å²) in [6.45, 7) is 3.86. The first-order chi connectivity index (χ1) is 12.3. The molecule has 1 fully saturated rings.